The zero-order valence-electron chi connectivity index (χ0n) is 7.82. The second-order valence-corrected chi connectivity index (χ2v) is 8.98. The molecule has 0 aromatic carbocycles. The van der Waals surface area contributed by atoms with Gasteiger partial charge in [0.15, 0.2) is 4.75 Å². The van der Waals surface area contributed by atoms with Gasteiger partial charge in [-0.1, -0.05) is 0 Å². The highest BCUT2D eigenvalue weighted by Gasteiger charge is 2.37. The fraction of sp³-hybridized carbons (Fsp3) is 1.00. The summed E-state index contributed by atoms with van der Waals surface area (Å²) in [6.45, 7) is 1.08. The van der Waals surface area contributed by atoms with Gasteiger partial charge in [0.05, 0.1) is 0 Å². The lowest BCUT2D eigenvalue weighted by Crippen LogP contribution is -2.12. The van der Waals surface area contributed by atoms with Gasteiger partial charge in [-0.05, 0) is 20.8 Å². The molecule has 0 aliphatic rings. The van der Waals surface area contributed by atoms with E-state index in [9.17, 15) is 4.57 Å². The Morgan fingerprint density at radius 1 is 1.07 bits per heavy atom. The van der Waals surface area contributed by atoms with Gasteiger partial charge in [-0.2, -0.15) is 0 Å². The Labute approximate surface area is 85.1 Å². The Morgan fingerprint density at radius 2 is 1.50 bits per heavy atom. The summed E-state index contributed by atoms with van der Waals surface area (Å²) in [7, 11) is -4.22. The van der Waals surface area contributed by atoms with Gasteiger partial charge in [-0.3, -0.25) is 9.79 Å². The fourth-order valence-corrected chi connectivity index (χ4v) is 4.37. The van der Waals surface area contributed by atoms with E-state index in [1.165, 1.54) is 0 Å². The highest BCUT2D eigenvalue weighted by molar-refractivity contribution is 8.17. The first-order valence-electron chi connectivity index (χ1n) is 3.40. The quantitative estimate of drug-likeness (QED) is 0.255. The summed E-state index contributed by atoms with van der Waals surface area (Å²) in [4.78, 5) is 34.8. The molecule has 0 aliphatic carbocycles. The van der Waals surface area contributed by atoms with Crippen LogP contribution in [0.4, 0.5) is 0 Å². The minimum Gasteiger partial charge on any atom is -0.301 e. The molecule has 0 radical (unpaired) electrons. The third kappa shape index (κ3) is 9.21. The molecule has 0 saturated heterocycles. The largest absolute Gasteiger partial charge is 0.546 e. The van der Waals surface area contributed by atoms with Crippen LogP contribution in [-0.4, -0.2) is 24.3 Å². The Bertz CT molecular complexity index is 283. The van der Waals surface area contributed by atoms with Crippen LogP contribution < -0.4 is 0 Å². The number of rotatable bonds is 3. The molecular weight excluding hydrogens is 254 g/mol. The molecule has 0 unspecified atom stereocenters. The summed E-state index contributed by atoms with van der Waals surface area (Å²) in [6, 6.07) is 0. The van der Waals surface area contributed by atoms with Crippen LogP contribution in [0, 0.1) is 0 Å². The maximum atomic E-state index is 10.2. The van der Waals surface area contributed by atoms with Crippen molar-refractivity contribution in [1.82, 2.24) is 0 Å². The highest BCUT2D eigenvalue weighted by Crippen LogP contribution is 2.48. The Hall–Kier alpha value is 0.640. The standard InChI is InChI=1S/C4H12O7P2S/c1-4(2,3)14-13(8,9)11-10-12(5,6)7/h1-3H3,(H3-,5,6,7,8,9)/p+1. The van der Waals surface area contributed by atoms with E-state index >= 15 is 0 Å². The molecule has 86 valence electrons. The molecule has 0 heterocycles. The van der Waals surface area contributed by atoms with Crippen molar-refractivity contribution in [1.29, 1.82) is 0 Å². The van der Waals surface area contributed by atoms with Crippen molar-refractivity contribution in [3.63, 3.8) is 0 Å². The number of phosphoric acid groups is 1. The number of hydrogen-bond acceptors (Lipinski definition) is 3. The van der Waals surface area contributed by atoms with Crippen molar-refractivity contribution in [2.75, 3.05) is 0 Å². The fourth-order valence-electron chi connectivity index (χ4n) is 0.459. The van der Waals surface area contributed by atoms with Crippen molar-refractivity contribution in [2.45, 2.75) is 25.5 Å². The van der Waals surface area contributed by atoms with Gasteiger partial charge < -0.3 is 9.79 Å². The average Bonchev–Trinajstić information content (AvgIpc) is 1.76. The van der Waals surface area contributed by atoms with Crippen molar-refractivity contribution in [2.24, 2.45) is 0 Å². The van der Waals surface area contributed by atoms with Crippen molar-refractivity contribution in [3.8, 4) is 0 Å². The van der Waals surface area contributed by atoms with Crippen LogP contribution in [0.5, 0.6) is 0 Å². The summed E-state index contributed by atoms with van der Waals surface area (Å²) in [5, 5.41) is 0. The average molecular weight is 267 g/mol. The maximum absolute atomic E-state index is 10.2. The van der Waals surface area contributed by atoms with E-state index in [4.69, 9.17) is 19.6 Å². The van der Waals surface area contributed by atoms with Gasteiger partial charge in [-0.15, -0.1) is 9.35 Å². The summed E-state index contributed by atoms with van der Waals surface area (Å²) in [5.41, 5.74) is 0. The topological polar surface area (TPSA) is 116 Å². The lowest BCUT2D eigenvalue weighted by molar-refractivity contribution is -0.132. The molecule has 0 bridgehead atoms. The summed E-state index contributed by atoms with van der Waals surface area (Å²) < 4.78 is 17.1. The van der Waals surface area contributed by atoms with Crippen molar-refractivity contribution in [3.05, 3.63) is 0 Å². The van der Waals surface area contributed by atoms with E-state index in [0.29, 0.717) is 10.9 Å². The molecule has 0 amide bonds. The third-order valence-electron chi connectivity index (χ3n) is 0.620. The molecule has 0 aromatic heterocycles. The molecule has 0 spiro atoms. The van der Waals surface area contributed by atoms with Crippen LogP contribution >= 0.6 is 14.5 Å². The molecule has 14 heavy (non-hydrogen) atoms. The molecule has 0 rings (SSSR count). The Kier molecular flexibility index (Phi) is 4.87. The summed E-state index contributed by atoms with van der Waals surface area (Å²) in [5.74, 6) is 0. The van der Waals surface area contributed by atoms with Crippen LogP contribution in [0.25, 0.3) is 0 Å². The van der Waals surface area contributed by atoms with Crippen LogP contribution in [0.15, 0.2) is 0 Å². The molecule has 7 nitrogen and oxygen atoms in total. The summed E-state index contributed by atoms with van der Waals surface area (Å²) in [6.07, 6.45) is 0. The minimum absolute atomic E-state index is 0.532. The smallest absolute Gasteiger partial charge is 0.301 e. The molecule has 0 fully saturated rings. The second-order valence-electron chi connectivity index (χ2n) is 3.33. The van der Waals surface area contributed by atoms with E-state index < -0.39 is 19.3 Å². The molecule has 0 atom stereocenters. The molecule has 10 heteroatoms. The van der Waals surface area contributed by atoms with Gasteiger partial charge in [0.25, 0.3) is 0 Å². The van der Waals surface area contributed by atoms with Crippen molar-refractivity contribution >= 4 is 25.5 Å². The van der Waals surface area contributed by atoms with Gasteiger partial charge in [-0.25, -0.2) is 4.57 Å². The van der Waals surface area contributed by atoms with Crippen LogP contribution in [0.1, 0.15) is 20.8 Å². The predicted molar refractivity (Wildman–Crippen MR) is 52.7 cm³/mol. The van der Waals surface area contributed by atoms with Crippen LogP contribution in [-0.2, 0) is 24.9 Å². The number of hydrogen-bond donors (Lipinski definition) is 4. The zero-order valence-corrected chi connectivity index (χ0v) is 10.4. The maximum Gasteiger partial charge on any atom is 0.546 e. The normalized spacial score (nSPS) is 14.2. The first kappa shape index (κ1) is 14.6. The highest BCUT2D eigenvalue weighted by atomic mass is 32.5. The van der Waals surface area contributed by atoms with E-state index in [1.807, 2.05) is 0 Å². The molecule has 4 N–H and O–H groups in total. The molecule has 0 saturated carbocycles. The predicted octanol–water partition coefficient (Wildman–Crippen LogP) is 0.571. The molecule has 0 aliphatic heterocycles. The Morgan fingerprint density at radius 3 is 1.79 bits per heavy atom. The summed E-state index contributed by atoms with van der Waals surface area (Å²) >= 11 is 0. The van der Waals surface area contributed by atoms with Crippen LogP contribution in [0.3, 0.4) is 0 Å². The lowest BCUT2D eigenvalue weighted by Gasteiger charge is -2.06. The third-order valence-corrected chi connectivity index (χ3v) is 4.60. The van der Waals surface area contributed by atoms with Crippen LogP contribution in [0.2, 0.25) is 0 Å². The SMILES string of the molecule is CC(C)(C)[S+]=P(O)(O)OOP(=O)(O)O. The monoisotopic (exact) mass is 267 g/mol. The van der Waals surface area contributed by atoms with E-state index in [0.717, 1.165) is 0 Å². The first-order valence-corrected chi connectivity index (χ1v) is 7.97. The lowest BCUT2D eigenvalue weighted by atomic mass is 10.3. The van der Waals surface area contributed by atoms with Crippen molar-refractivity contribution < 1.29 is 33.5 Å². The zero-order chi connectivity index (χ0) is 11.6. The first-order chi connectivity index (χ1) is 5.91. The molecular formula is C4H13O7P2S+. The minimum atomic E-state index is -4.86. The Balaban J connectivity index is 4.51. The van der Waals surface area contributed by atoms with Gasteiger partial charge in [0, 0.05) is 0 Å². The van der Waals surface area contributed by atoms with E-state index in [1.54, 1.807) is 20.8 Å². The van der Waals surface area contributed by atoms with Gasteiger partial charge in [0.1, 0.15) is 0 Å². The van der Waals surface area contributed by atoms with E-state index in [-0.39, 0.29) is 0 Å². The second kappa shape index (κ2) is 4.65. The van der Waals surface area contributed by atoms with Gasteiger partial charge in [0.2, 0.25) is 10.9 Å². The van der Waals surface area contributed by atoms with Gasteiger partial charge >= 0.3 is 14.5 Å². The van der Waals surface area contributed by atoms with E-state index in [2.05, 4.69) is 9.35 Å². The molecule has 0 aromatic rings.